The molecule has 1 unspecified atom stereocenters. The molecule has 3 heteroatoms. The number of carbonyl (C=O) groups excluding carboxylic acids is 1. The molecule has 0 aromatic carbocycles. The number of carbonyl (C=O) groups is 1. The van der Waals surface area contributed by atoms with Crippen molar-refractivity contribution in [2.24, 2.45) is 0 Å². The predicted octanol–water partition coefficient (Wildman–Crippen LogP) is 0.773. The Bertz CT molecular complexity index is 191. The highest BCUT2D eigenvalue weighted by atomic mass is 16.2. The zero-order chi connectivity index (χ0) is 9.68. The van der Waals surface area contributed by atoms with E-state index < -0.39 is 0 Å². The Morgan fingerprint density at radius 3 is 3.15 bits per heavy atom. The Kier molecular flexibility index (Phi) is 3.96. The number of nitrogens with zero attached hydrogens (tertiary/aromatic N) is 1. The molecule has 0 aliphatic carbocycles. The third-order valence-electron chi connectivity index (χ3n) is 2.29. The first-order valence-electron chi connectivity index (χ1n) is 4.92. The number of likely N-dealkylation sites (tertiary alicyclic amines) is 1. The van der Waals surface area contributed by atoms with Gasteiger partial charge in [-0.05, 0) is 19.4 Å². The molecule has 1 aliphatic rings. The highest BCUT2D eigenvalue weighted by Gasteiger charge is 2.29. The first kappa shape index (κ1) is 10.3. The number of amides is 1. The fourth-order valence-electron chi connectivity index (χ4n) is 1.58. The molecule has 3 nitrogen and oxygen atoms in total. The summed E-state index contributed by atoms with van der Waals surface area (Å²) in [6, 6.07) is 0.0555. The van der Waals surface area contributed by atoms with Gasteiger partial charge >= 0.3 is 0 Å². The van der Waals surface area contributed by atoms with Crippen LogP contribution in [0.15, 0.2) is 12.7 Å². The van der Waals surface area contributed by atoms with Gasteiger partial charge in [0.05, 0.1) is 6.04 Å². The Hall–Kier alpha value is -0.830. The number of hydrogen-bond acceptors (Lipinski definition) is 2. The van der Waals surface area contributed by atoms with Crippen LogP contribution in [0.4, 0.5) is 0 Å². The van der Waals surface area contributed by atoms with Gasteiger partial charge in [-0.1, -0.05) is 13.0 Å². The summed E-state index contributed by atoms with van der Waals surface area (Å²) in [6.07, 6.45) is 3.79. The fourth-order valence-corrected chi connectivity index (χ4v) is 1.58. The van der Waals surface area contributed by atoms with Gasteiger partial charge in [0.25, 0.3) is 0 Å². The average Bonchev–Trinajstić information content (AvgIpc) is 2.46. The molecule has 1 atom stereocenters. The van der Waals surface area contributed by atoms with Crippen LogP contribution >= 0.6 is 0 Å². The van der Waals surface area contributed by atoms with Crippen molar-refractivity contribution < 1.29 is 4.79 Å². The lowest BCUT2D eigenvalue weighted by Gasteiger charge is -2.14. The van der Waals surface area contributed by atoms with Crippen LogP contribution in [-0.2, 0) is 4.79 Å². The molecule has 0 spiro atoms. The minimum absolute atomic E-state index is 0.0555. The van der Waals surface area contributed by atoms with Crippen molar-refractivity contribution in [3.05, 3.63) is 12.7 Å². The molecule has 13 heavy (non-hydrogen) atoms. The molecule has 1 N–H and O–H groups in total. The average molecular weight is 182 g/mol. The summed E-state index contributed by atoms with van der Waals surface area (Å²) in [7, 11) is 0. The van der Waals surface area contributed by atoms with Crippen molar-refractivity contribution in [3.63, 3.8) is 0 Å². The number of hydrogen-bond donors (Lipinski definition) is 1. The second-order valence-corrected chi connectivity index (χ2v) is 3.37. The van der Waals surface area contributed by atoms with Crippen molar-refractivity contribution in [1.82, 2.24) is 10.2 Å². The van der Waals surface area contributed by atoms with E-state index in [1.54, 1.807) is 6.08 Å². The minimum atomic E-state index is 0.0555. The van der Waals surface area contributed by atoms with Crippen LogP contribution < -0.4 is 5.32 Å². The smallest absolute Gasteiger partial charge is 0.240 e. The normalized spacial score (nSPS) is 22.4. The van der Waals surface area contributed by atoms with E-state index in [0.717, 1.165) is 25.9 Å². The van der Waals surface area contributed by atoms with E-state index in [9.17, 15) is 4.79 Å². The molecule has 0 saturated carbocycles. The molecular weight excluding hydrogens is 164 g/mol. The Balaban J connectivity index is 2.36. The van der Waals surface area contributed by atoms with Crippen molar-refractivity contribution in [2.75, 3.05) is 19.6 Å². The van der Waals surface area contributed by atoms with E-state index in [1.165, 1.54) is 0 Å². The SMILES string of the molecule is C=CCN1CCC(NCCC)C1=O. The molecule has 1 amide bonds. The van der Waals surface area contributed by atoms with E-state index in [-0.39, 0.29) is 11.9 Å². The Labute approximate surface area is 79.8 Å². The summed E-state index contributed by atoms with van der Waals surface area (Å²) in [6.45, 7) is 8.22. The molecule has 1 fully saturated rings. The van der Waals surface area contributed by atoms with E-state index in [4.69, 9.17) is 0 Å². The second-order valence-electron chi connectivity index (χ2n) is 3.37. The molecule has 1 saturated heterocycles. The Morgan fingerprint density at radius 1 is 1.77 bits per heavy atom. The van der Waals surface area contributed by atoms with E-state index in [1.807, 2.05) is 4.90 Å². The molecular formula is C10H18N2O. The van der Waals surface area contributed by atoms with Crippen LogP contribution in [0.1, 0.15) is 19.8 Å². The maximum absolute atomic E-state index is 11.6. The number of rotatable bonds is 5. The van der Waals surface area contributed by atoms with Gasteiger partial charge in [-0.15, -0.1) is 6.58 Å². The molecule has 1 aliphatic heterocycles. The van der Waals surface area contributed by atoms with Crippen molar-refractivity contribution in [1.29, 1.82) is 0 Å². The van der Waals surface area contributed by atoms with Gasteiger partial charge in [0, 0.05) is 13.1 Å². The third kappa shape index (κ3) is 2.56. The van der Waals surface area contributed by atoms with E-state index in [2.05, 4.69) is 18.8 Å². The first-order valence-corrected chi connectivity index (χ1v) is 4.92. The van der Waals surface area contributed by atoms with E-state index >= 15 is 0 Å². The van der Waals surface area contributed by atoms with Gasteiger partial charge in [0.1, 0.15) is 0 Å². The summed E-state index contributed by atoms with van der Waals surface area (Å²) >= 11 is 0. The van der Waals surface area contributed by atoms with Gasteiger partial charge in [-0.3, -0.25) is 4.79 Å². The zero-order valence-electron chi connectivity index (χ0n) is 8.25. The summed E-state index contributed by atoms with van der Waals surface area (Å²) < 4.78 is 0. The summed E-state index contributed by atoms with van der Waals surface area (Å²) in [5.41, 5.74) is 0. The van der Waals surface area contributed by atoms with Gasteiger partial charge in [-0.2, -0.15) is 0 Å². The third-order valence-corrected chi connectivity index (χ3v) is 2.29. The van der Waals surface area contributed by atoms with Crippen LogP contribution in [0.5, 0.6) is 0 Å². The minimum Gasteiger partial charge on any atom is -0.338 e. The lowest BCUT2D eigenvalue weighted by Crippen LogP contribution is -2.38. The lowest BCUT2D eigenvalue weighted by molar-refractivity contribution is -0.128. The van der Waals surface area contributed by atoms with Gasteiger partial charge in [0.2, 0.25) is 5.91 Å². The van der Waals surface area contributed by atoms with Crippen LogP contribution in [0.3, 0.4) is 0 Å². The zero-order valence-corrected chi connectivity index (χ0v) is 8.25. The highest BCUT2D eigenvalue weighted by molar-refractivity contribution is 5.84. The highest BCUT2D eigenvalue weighted by Crippen LogP contribution is 2.10. The van der Waals surface area contributed by atoms with Crippen LogP contribution in [0.2, 0.25) is 0 Å². The molecule has 0 radical (unpaired) electrons. The van der Waals surface area contributed by atoms with Crippen LogP contribution in [0.25, 0.3) is 0 Å². The second kappa shape index (κ2) is 5.02. The molecule has 0 aromatic rings. The summed E-state index contributed by atoms with van der Waals surface area (Å²) in [5, 5.41) is 3.24. The van der Waals surface area contributed by atoms with Gasteiger partial charge < -0.3 is 10.2 Å². The lowest BCUT2D eigenvalue weighted by atomic mass is 10.2. The largest absolute Gasteiger partial charge is 0.338 e. The van der Waals surface area contributed by atoms with Crippen molar-refractivity contribution in [3.8, 4) is 0 Å². The summed E-state index contributed by atoms with van der Waals surface area (Å²) in [5.74, 6) is 0.230. The molecule has 0 bridgehead atoms. The topological polar surface area (TPSA) is 32.3 Å². The molecule has 0 aromatic heterocycles. The van der Waals surface area contributed by atoms with E-state index in [0.29, 0.717) is 6.54 Å². The van der Waals surface area contributed by atoms with Crippen LogP contribution in [-0.4, -0.2) is 36.5 Å². The summed E-state index contributed by atoms with van der Waals surface area (Å²) in [4.78, 5) is 13.5. The maximum atomic E-state index is 11.6. The van der Waals surface area contributed by atoms with Crippen molar-refractivity contribution in [2.45, 2.75) is 25.8 Å². The molecule has 74 valence electrons. The number of nitrogens with one attached hydrogen (secondary N) is 1. The maximum Gasteiger partial charge on any atom is 0.240 e. The Morgan fingerprint density at radius 2 is 2.54 bits per heavy atom. The van der Waals surface area contributed by atoms with Gasteiger partial charge in [0.15, 0.2) is 0 Å². The molecule has 1 heterocycles. The monoisotopic (exact) mass is 182 g/mol. The quantitative estimate of drug-likeness (QED) is 0.637. The van der Waals surface area contributed by atoms with Crippen molar-refractivity contribution >= 4 is 5.91 Å². The van der Waals surface area contributed by atoms with Gasteiger partial charge in [-0.25, -0.2) is 0 Å². The predicted molar refractivity (Wildman–Crippen MR) is 53.5 cm³/mol. The fraction of sp³-hybridized carbons (Fsp3) is 0.700. The standard InChI is InChI=1S/C10H18N2O/c1-3-6-11-9-5-8-12(7-4-2)10(9)13/h4,9,11H,2-3,5-8H2,1H3. The first-order chi connectivity index (χ1) is 6.29. The molecule has 1 rings (SSSR count). The van der Waals surface area contributed by atoms with Crippen LogP contribution in [0, 0.1) is 0 Å².